The normalized spacial score (nSPS) is 17.2. The second kappa shape index (κ2) is 8.69. The van der Waals surface area contributed by atoms with E-state index in [1.54, 1.807) is 18.6 Å². The molecule has 7 heteroatoms. The number of nitrogens with zero attached hydrogens (tertiary/aromatic N) is 3. The number of hydrogen-bond donors (Lipinski definition) is 1. The van der Waals surface area contributed by atoms with E-state index in [1.165, 1.54) is 6.07 Å². The van der Waals surface area contributed by atoms with Gasteiger partial charge in [0, 0.05) is 38.4 Å². The smallest absolute Gasteiger partial charge is 0.220 e. The number of carbonyl (C=O) groups excluding carboxylic acids is 1. The lowest BCUT2D eigenvalue weighted by molar-refractivity contribution is -0.121. The minimum Gasteiger partial charge on any atom is -0.355 e. The lowest BCUT2D eigenvalue weighted by Crippen LogP contribution is -2.36. The van der Waals surface area contributed by atoms with E-state index in [4.69, 9.17) is 0 Å². The number of hydrogen-bond acceptors (Lipinski definition) is 4. The predicted molar refractivity (Wildman–Crippen MR) is 94.4 cm³/mol. The molecule has 3 rings (SSSR count). The summed E-state index contributed by atoms with van der Waals surface area (Å²) in [6, 6.07) is 3.65. The second-order valence-electron chi connectivity index (χ2n) is 6.58. The molecule has 1 amide bonds. The molecule has 2 heterocycles. The van der Waals surface area contributed by atoms with E-state index >= 15 is 0 Å². The van der Waals surface area contributed by atoms with E-state index in [0.29, 0.717) is 17.9 Å². The van der Waals surface area contributed by atoms with E-state index in [0.717, 1.165) is 50.3 Å². The van der Waals surface area contributed by atoms with Gasteiger partial charge in [0.15, 0.2) is 11.6 Å². The van der Waals surface area contributed by atoms with Crippen molar-refractivity contribution in [1.82, 2.24) is 15.3 Å². The van der Waals surface area contributed by atoms with E-state index in [2.05, 4.69) is 20.2 Å². The first kappa shape index (κ1) is 18.2. The maximum Gasteiger partial charge on any atom is 0.220 e. The van der Waals surface area contributed by atoms with Gasteiger partial charge in [-0.05, 0) is 42.9 Å². The van der Waals surface area contributed by atoms with Crippen LogP contribution in [0.25, 0.3) is 0 Å². The Bertz CT molecular complexity index is 742. The van der Waals surface area contributed by atoms with Crippen molar-refractivity contribution in [2.45, 2.75) is 32.2 Å². The van der Waals surface area contributed by atoms with Crippen molar-refractivity contribution in [3.63, 3.8) is 0 Å². The second-order valence-corrected chi connectivity index (χ2v) is 6.58. The molecule has 1 aromatic carbocycles. The van der Waals surface area contributed by atoms with Gasteiger partial charge in [0.2, 0.25) is 5.91 Å². The minimum atomic E-state index is -0.900. The first-order valence-corrected chi connectivity index (χ1v) is 8.83. The molecular formula is C19H22F2N4O. The summed E-state index contributed by atoms with van der Waals surface area (Å²) in [6.45, 7) is 2.03. The zero-order chi connectivity index (χ0) is 18.4. The molecule has 2 aromatic rings. The van der Waals surface area contributed by atoms with Crippen molar-refractivity contribution in [3.8, 4) is 0 Å². The Morgan fingerprint density at radius 2 is 2.15 bits per heavy atom. The number of carbonyl (C=O) groups is 1. The van der Waals surface area contributed by atoms with E-state index in [9.17, 15) is 13.6 Å². The van der Waals surface area contributed by atoms with Crippen LogP contribution >= 0.6 is 0 Å². The zero-order valence-electron chi connectivity index (χ0n) is 14.5. The van der Waals surface area contributed by atoms with Gasteiger partial charge in [0.05, 0.1) is 6.20 Å². The summed E-state index contributed by atoms with van der Waals surface area (Å²) >= 11 is 0. The first-order chi connectivity index (χ1) is 12.6. The molecule has 0 spiro atoms. The van der Waals surface area contributed by atoms with Crippen molar-refractivity contribution >= 4 is 11.7 Å². The van der Waals surface area contributed by atoms with Crippen LogP contribution < -0.4 is 10.2 Å². The Morgan fingerprint density at radius 3 is 2.92 bits per heavy atom. The van der Waals surface area contributed by atoms with E-state index < -0.39 is 11.6 Å². The standard InChI is InChI=1S/C19H22F2N4O/c20-16-5-3-15(10-17(16)21)11-24-19(26)6-4-14-2-1-9-25(13-14)18-12-22-7-8-23-18/h3,5,7-8,10,12,14H,1-2,4,6,9,11,13H2,(H,24,26)/t14-/m1/s1. The molecule has 1 N–H and O–H groups in total. The van der Waals surface area contributed by atoms with Crippen LogP contribution in [0.2, 0.25) is 0 Å². The third kappa shape index (κ3) is 4.97. The highest BCUT2D eigenvalue weighted by molar-refractivity contribution is 5.75. The van der Waals surface area contributed by atoms with Gasteiger partial charge < -0.3 is 10.2 Å². The number of rotatable bonds is 6. The van der Waals surface area contributed by atoms with Crippen molar-refractivity contribution in [2.24, 2.45) is 5.92 Å². The Labute approximate surface area is 151 Å². The Kier molecular flexibility index (Phi) is 6.09. The van der Waals surface area contributed by atoms with Crippen LogP contribution in [0.3, 0.4) is 0 Å². The van der Waals surface area contributed by atoms with Gasteiger partial charge in [-0.2, -0.15) is 0 Å². The SMILES string of the molecule is O=C(CC[C@H]1CCCN(c2cnccn2)C1)NCc1ccc(F)c(F)c1. The molecule has 138 valence electrons. The van der Waals surface area contributed by atoms with Gasteiger partial charge in [-0.3, -0.25) is 9.78 Å². The molecule has 0 radical (unpaired) electrons. The molecule has 0 bridgehead atoms. The molecule has 1 aromatic heterocycles. The van der Waals surface area contributed by atoms with Gasteiger partial charge in [-0.15, -0.1) is 0 Å². The molecule has 1 atom stereocenters. The van der Waals surface area contributed by atoms with Gasteiger partial charge in [0.25, 0.3) is 0 Å². The topological polar surface area (TPSA) is 58.1 Å². The Hall–Kier alpha value is -2.57. The van der Waals surface area contributed by atoms with Gasteiger partial charge in [0.1, 0.15) is 5.82 Å². The van der Waals surface area contributed by atoms with Crippen LogP contribution in [0.5, 0.6) is 0 Å². The third-order valence-corrected chi connectivity index (χ3v) is 4.65. The van der Waals surface area contributed by atoms with Crippen molar-refractivity contribution in [3.05, 3.63) is 54.0 Å². The van der Waals surface area contributed by atoms with Crippen LogP contribution in [0.1, 0.15) is 31.2 Å². The zero-order valence-corrected chi connectivity index (χ0v) is 14.5. The number of aromatic nitrogens is 2. The quantitative estimate of drug-likeness (QED) is 0.860. The molecule has 0 unspecified atom stereocenters. The number of piperidine rings is 1. The van der Waals surface area contributed by atoms with Crippen molar-refractivity contribution in [2.75, 3.05) is 18.0 Å². The number of nitrogens with one attached hydrogen (secondary N) is 1. The lowest BCUT2D eigenvalue weighted by Gasteiger charge is -2.33. The van der Waals surface area contributed by atoms with Gasteiger partial charge in [-0.25, -0.2) is 13.8 Å². The number of anilines is 1. The highest BCUT2D eigenvalue weighted by Gasteiger charge is 2.21. The Balaban J connectivity index is 1.43. The summed E-state index contributed by atoms with van der Waals surface area (Å²) in [7, 11) is 0. The minimum absolute atomic E-state index is 0.0774. The average molecular weight is 360 g/mol. The summed E-state index contributed by atoms with van der Waals surface area (Å²) in [5.74, 6) is -0.556. The predicted octanol–water partition coefficient (Wildman–Crippen LogP) is 3.07. The number of amides is 1. The van der Waals surface area contributed by atoms with Crippen LogP contribution in [0.4, 0.5) is 14.6 Å². The highest BCUT2D eigenvalue weighted by Crippen LogP contribution is 2.24. The fourth-order valence-electron chi connectivity index (χ4n) is 3.24. The summed E-state index contributed by atoms with van der Waals surface area (Å²) in [5, 5.41) is 2.76. The van der Waals surface area contributed by atoms with Crippen LogP contribution in [-0.4, -0.2) is 29.0 Å². The van der Waals surface area contributed by atoms with E-state index in [-0.39, 0.29) is 12.5 Å². The summed E-state index contributed by atoms with van der Waals surface area (Å²) < 4.78 is 26.1. The van der Waals surface area contributed by atoms with Gasteiger partial charge >= 0.3 is 0 Å². The van der Waals surface area contributed by atoms with Crippen molar-refractivity contribution < 1.29 is 13.6 Å². The maximum atomic E-state index is 13.2. The molecule has 1 saturated heterocycles. The fourth-order valence-corrected chi connectivity index (χ4v) is 3.24. The molecule has 1 fully saturated rings. The summed E-state index contributed by atoms with van der Waals surface area (Å²) in [6.07, 6.45) is 8.47. The maximum absolute atomic E-state index is 13.2. The van der Waals surface area contributed by atoms with Crippen molar-refractivity contribution in [1.29, 1.82) is 0 Å². The molecule has 0 saturated carbocycles. The first-order valence-electron chi connectivity index (χ1n) is 8.83. The molecule has 1 aliphatic rings. The molecule has 5 nitrogen and oxygen atoms in total. The van der Waals surface area contributed by atoms with Crippen LogP contribution in [-0.2, 0) is 11.3 Å². The molecule has 26 heavy (non-hydrogen) atoms. The van der Waals surface area contributed by atoms with Crippen LogP contribution in [0.15, 0.2) is 36.8 Å². The molecule has 0 aliphatic carbocycles. The number of halogens is 2. The Morgan fingerprint density at radius 1 is 1.27 bits per heavy atom. The number of benzene rings is 1. The van der Waals surface area contributed by atoms with Crippen LogP contribution in [0, 0.1) is 17.6 Å². The monoisotopic (exact) mass is 360 g/mol. The highest BCUT2D eigenvalue weighted by atomic mass is 19.2. The average Bonchev–Trinajstić information content (AvgIpc) is 2.68. The lowest BCUT2D eigenvalue weighted by atomic mass is 9.93. The largest absolute Gasteiger partial charge is 0.355 e. The van der Waals surface area contributed by atoms with Gasteiger partial charge in [-0.1, -0.05) is 6.07 Å². The van der Waals surface area contributed by atoms with E-state index in [1.807, 2.05) is 0 Å². The molecule has 1 aliphatic heterocycles. The summed E-state index contributed by atoms with van der Waals surface area (Å²) in [5.41, 5.74) is 0.545. The third-order valence-electron chi connectivity index (χ3n) is 4.65. The summed E-state index contributed by atoms with van der Waals surface area (Å²) in [4.78, 5) is 22.7. The fraction of sp³-hybridized carbons (Fsp3) is 0.421. The molecular weight excluding hydrogens is 338 g/mol.